The van der Waals surface area contributed by atoms with Gasteiger partial charge < -0.3 is 10.6 Å². The highest BCUT2D eigenvalue weighted by Crippen LogP contribution is 2.35. The number of hydrogen-bond acceptors (Lipinski definition) is 6. The van der Waals surface area contributed by atoms with Crippen LogP contribution < -0.4 is 10.6 Å². The van der Waals surface area contributed by atoms with Gasteiger partial charge in [0.25, 0.3) is 0 Å². The van der Waals surface area contributed by atoms with Crippen molar-refractivity contribution < 1.29 is 0 Å². The van der Waals surface area contributed by atoms with Crippen molar-refractivity contribution in [1.29, 1.82) is 5.26 Å². The van der Waals surface area contributed by atoms with Gasteiger partial charge in [0.2, 0.25) is 5.95 Å². The molecule has 3 heterocycles. The van der Waals surface area contributed by atoms with Crippen LogP contribution in [0.2, 0.25) is 0 Å². The fraction of sp³-hybridized carbons (Fsp3) is 0.250. The van der Waals surface area contributed by atoms with Gasteiger partial charge in [0.1, 0.15) is 11.1 Å². The molecule has 0 saturated carbocycles. The second kappa shape index (κ2) is 4.27. The molecule has 2 aromatic heterocycles. The van der Waals surface area contributed by atoms with E-state index in [1.54, 1.807) is 18.5 Å². The summed E-state index contributed by atoms with van der Waals surface area (Å²) in [6.45, 7) is 1.55. The predicted octanol–water partition coefficient (Wildman–Crippen LogP) is 1.55. The molecule has 0 aromatic carbocycles. The van der Waals surface area contributed by atoms with E-state index in [0.717, 1.165) is 35.9 Å². The van der Waals surface area contributed by atoms with E-state index in [0.29, 0.717) is 10.6 Å². The molecule has 0 bridgehead atoms. The maximum Gasteiger partial charge on any atom is 0.225 e. The average molecular weight is 257 g/mol. The number of nitriles is 1. The molecule has 0 saturated heterocycles. The first-order chi connectivity index (χ1) is 8.79. The minimum atomic E-state index is 0.623. The van der Waals surface area contributed by atoms with Gasteiger partial charge in [-0.3, -0.25) is 0 Å². The summed E-state index contributed by atoms with van der Waals surface area (Å²) < 4.78 is 0. The van der Waals surface area contributed by atoms with E-state index in [9.17, 15) is 0 Å². The smallest absolute Gasteiger partial charge is 0.225 e. The molecule has 0 aliphatic carbocycles. The molecule has 0 fully saturated rings. The maximum atomic E-state index is 9.08. The zero-order valence-electron chi connectivity index (χ0n) is 9.63. The van der Waals surface area contributed by atoms with Gasteiger partial charge in [-0.25, -0.2) is 9.97 Å². The van der Waals surface area contributed by atoms with Crippen LogP contribution in [0.1, 0.15) is 16.0 Å². The number of nitrogens with zero attached hydrogens (tertiary/aromatic N) is 4. The first-order valence-corrected chi connectivity index (χ1v) is 6.43. The van der Waals surface area contributed by atoms with E-state index in [2.05, 4.69) is 20.9 Å². The van der Waals surface area contributed by atoms with Crippen LogP contribution in [0.3, 0.4) is 0 Å². The number of fused-ring (bicyclic) bond motifs is 1. The molecule has 6 heteroatoms. The Hall–Kier alpha value is -2.13. The lowest BCUT2D eigenvalue weighted by Gasteiger charge is -2.26. The SMILES string of the molecule is N#Cc1c(N)sc2c1CCN(c1ncccn1)C2. The third-order valence-corrected chi connectivity index (χ3v) is 4.08. The average Bonchev–Trinajstić information content (AvgIpc) is 2.74. The van der Waals surface area contributed by atoms with Gasteiger partial charge in [-0.05, 0) is 18.1 Å². The van der Waals surface area contributed by atoms with Crippen molar-refractivity contribution in [3.63, 3.8) is 0 Å². The molecular weight excluding hydrogens is 246 g/mol. The summed E-state index contributed by atoms with van der Waals surface area (Å²) in [5, 5.41) is 9.71. The van der Waals surface area contributed by atoms with Gasteiger partial charge in [0.15, 0.2) is 0 Å². The molecule has 1 aliphatic rings. The molecule has 18 heavy (non-hydrogen) atoms. The quantitative estimate of drug-likeness (QED) is 0.838. The van der Waals surface area contributed by atoms with Crippen LogP contribution in [0.25, 0.3) is 0 Å². The lowest BCUT2D eigenvalue weighted by molar-refractivity contribution is 0.718. The van der Waals surface area contributed by atoms with Gasteiger partial charge in [0.05, 0.1) is 12.1 Å². The number of nitrogens with two attached hydrogens (primary N) is 1. The summed E-state index contributed by atoms with van der Waals surface area (Å²) in [6, 6.07) is 4.00. The molecule has 0 spiro atoms. The minimum absolute atomic E-state index is 0.623. The standard InChI is InChI=1S/C12H11N5S/c13-6-9-8-2-5-17(7-10(8)18-11(9)14)12-15-3-1-4-16-12/h1,3-4H,2,5,7,14H2. The largest absolute Gasteiger partial charge is 0.389 e. The Kier molecular flexibility index (Phi) is 2.61. The highest BCUT2D eigenvalue weighted by molar-refractivity contribution is 7.16. The van der Waals surface area contributed by atoms with E-state index in [1.165, 1.54) is 11.3 Å². The van der Waals surface area contributed by atoms with Crippen molar-refractivity contribution in [2.24, 2.45) is 0 Å². The second-order valence-corrected chi connectivity index (χ2v) is 5.21. The van der Waals surface area contributed by atoms with E-state index in [-0.39, 0.29) is 0 Å². The Morgan fingerprint density at radius 3 is 2.89 bits per heavy atom. The Labute approximate surface area is 109 Å². The fourth-order valence-electron chi connectivity index (χ4n) is 2.17. The van der Waals surface area contributed by atoms with Crippen molar-refractivity contribution in [2.45, 2.75) is 13.0 Å². The first kappa shape index (κ1) is 11.0. The van der Waals surface area contributed by atoms with Crippen molar-refractivity contribution in [2.75, 3.05) is 17.2 Å². The van der Waals surface area contributed by atoms with Gasteiger partial charge in [-0.2, -0.15) is 5.26 Å². The number of anilines is 2. The van der Waals surface area contributed by atoms with Crippen molar-refractivity contribution >= 4 is 22.3 Å². The minimum Gasteiger partial charge on any atom is -0.389 e. The van der Waals surface area contributed by atoms with Crippen molar-refractivity contribution in [3.8, 4) is 6.07 Å². The molecular formula is C12H11N5S. The summed E-state index contributed by atoms with van der Waals surface area (Å²) in [7, 11) is 0. The van der Waals surface area contributed by atoms with Gasteiger partial charge >= 0.3 is 0 Å². The number of hydrogen-bond donors (Lipinski definition) is 1. The summed E-state index contributed by atoms with van der Waals surface area (Å²) in [4.78, 5) is 11.8. The Balaban J connectivity index is 1.93. The summed E-state index contributed by atoms with van der Waals surface area (Å²) in [5.41, 5.74) is 7.62. The highest BCUT2D eigenvalue weighted by Gasteiger charge is 2.24. The molecule has 0 unspecified atom stereocenters. The molecule has 0 radical (unpaired) electrons. The summed E-state index contributed by atoms with van der Waals surface area (Å²) in [5.74, 6) is 0.730. The third-order valence-electron chi connectivity index (χ3n) is 3.03. The normalized spacial score (nSPS) is 14.1. The van der Waals surface area contributed by atoms with Crippen LogP contribution in [-0.4, -0.2) is 16.5 Å². The topological polar surface area (TPSA) is 78.8 Å². The van der Waals surface area contributed by atoms with E-state index in [4.69, 9.17) is 11.0 Å². The predicted molar refractivity (Wildman–Crippen MR) is 70.2 cm³/mol. The van der Waals surface area contributed by atoms with E-state index < -0.39 is 0 Å². The van der Waals surface area contributed by atoms with Crippen LogP contribution in [0.15, 0.2) is 18.5 Å². The van der Waals surface area contributed by atoms with E-state index >= 15 is 0 Å². The van der Waals surface area contributed by atoms with Gasteiger partial charge in [0, 0.05) is 23.8 Å². The van der Waals surface area contributed by atoms with Gasteiger partial charge in [-0.15, -0.1) is 11.3 Å². The van der Waals surface area contributed by atoms with Crippen LogP contribution in [0.5, 0.6) is 0 Å². The van der Waals surface area contributed by atoms with Crippen LogP contribution in [-0.2, 0) is 13.0 Å². The Morgan fingerprint density at radius 1 is 1.39 bits per heavy atom. The van der Waals surface area contributed by atoms with Crippen molar-refractivity contribution in [3.05, 3.63) is 34.5 Å². The zero-order chi connectivity index (χ0) is 12.5. The second-order valence-electron chi connectivity index (χ2n) is 4.08. The Bertz CT molecular complexity index is 613. The molecule has 0 amide bonds. The van der Waals surface area contributed by atoms with E-state index in [1.807, 2.05) is 0 Å². The number of rotatable bonds is 1. The van der Waals surface area contributed by atoms with Gasteiger partial charge in [-0.1, -0.05) is 0 Å². The third kappa shape index (κ3) is 1.69. The highest BCUT2D eigenvalue weighted by atomic mass is 32.1. The molecule has 2 aromatic rings. The Morgan fingerprint density at radius 2 is 2.17 bits per heavy atom. The molecule has 5 nitrogen and oxygen atoms in total. The zero-order valence-corrected chi connectivity index (χ0v) is 10.4. The molecule has 90 valence electrons. The summed E-state index contributed by atoms with van der Waals surface area (Å²) >= 11 is 1.50. The molecule has 2 N–H and O–H groups in total. The lowest BCUT2D eigenvalue weighted by Crippen LogP contribution is -2.31. The molecule has 1 aliphatic heterocycles. The first-order valence-electron chi connectivity index (χ1n) is 5.61. The molecule has 0 atom stereocenters. The van der Waals surface area contributed by atoms with Crippen LogP contribution in [0.4, 0.5) is 10.9 Å². The lowest BCUT2D eigenvalue weighted by atomic mass is 10.0. The monoisotopic (exact) mass is 257 g/mol. The maximum absolute atomic E-state index is 9.08. The van der Waals surface area contributed by atoms with Crippen molar-refractivity contribution in [1.82, 2.24) is 9.97 Å². The molecule has 3 rings (SSSR count). The van der Waals surface area contributed by atoms with Crippen LogP contribution in [0, 0.1) is 11.3 Å². The summed E-state index contributed by atoms with van der Waals surface area (Å²) in [6.07, 6.45) is 4.30. The fourth-order valence-corrected chi connectivity index (χ4v) is 3.26. The number of thiophene rings is 1. The number of nitrogen functional groups attached to an aromatic ring is 1. The number of aromatic nitrogens is 2. The van der Waals surface area contributed by atoms with Crippen LogP contribution >= 0.6 is 11.3 Å².